The summed E-state index contributed by atoms with van der Waals surface area (Å²) >= 11 is 1.65. The fourth-order valence-corrected chi connectivity index (χ4v) is 3.25. The van der Waals surface area contributed by atoms with Gasteiger partial charge in [-0.3, -0.25) is 4.79 Å². The first-order valence-electron chi connectivity index (χ1n) is 7.10. The van der Waals surface area contributed by atoms with Gasteiger partial charge in [-0.25, -0.2) is 4.98 Å². The Hall–Kier alpha value is -1.14. The van der Waals surface area contributed by atoms with Crippen molar-refractivity contribution in [3.8, 4) is 0 Å². The van der Waals surface area contributed by atoms with Crippen molar-refractivity contribution in [1.29, 1.82) is 0 Å². The van der Waals surface area contributed by atoms with E-state index in [4.69, 9.17) is 4.74 Å². The highest BCUT2D eigenvalue weighted by molar-refractivity contribution is 7.13. The summed E-state index contributed by atoms with van der Waals surface area (Å²) in [5.41, 5.74) is 0.974. The quantitative estimate of drug-likeness (QED) is 0.754. The Morgan fingerprint density at radius 2 is 2.25 bits per heavy atom. The number of aryl methyl sites for hydroxylation is 1. The minimum atomic E-state index is -0.183. The van der Waals surface area contributed by atoms with Crippen LogP contribution in [0.2, 0.25) is 0 Å². The Morgan fingerprint density at radius 3 is 2.90 bits per heavy atom. The second-order valence-electron chi connectivity index (χ2n) is 4.84. The molecule has 0 aromatic carbocycles. The molecule has 2 heterocycles. The number of aromatic nitrogens is 1. The number of piperidine rings is 1. The van der Waals surface area contributed by atoms with Crippen LogP contribution < -0.4 is 4.90 Å². The molecule has 0 N–H and O–H groups in total. The van der Waals surface area contributed by atoms with Gasteiger partial charge in [-0.05, 0) is 19.8 Å². The van der Waals surface area contributed by atoms with Gasteiger partial charge < -0.3 is 14.4 Å². The average molecular weight is 298 g/mol. The lowest BCUT2D eigenvalue weighted by Gasteiger charge is -2.31. The number of carbonyl (C=O) groups excluding carboxylic acids is 1. The number of rotatable bonds is 6. The van der Waals surface area contributed by atoms with Crippen molar-refractivity contribution in [3.63, 3.8) is 0 Å². The van der Waals surface area contributed by atoms with Crippen LogP contribution in [0.1, 0.15) is 31.9 Å². The van der Waals surface area contributed by atoms with E-state index in [-0.39, 0.29) is 5.97 Å². The molecule has 1 aliphatic rings. The second-order valence-corrected chi connectivity index (χ2v) is 5.68. The van der Waals surface area contributed by atoms with Crippen LogP contribution in [0.5, 0.6) is 0 Å². The predicted molar refractivity (Wildman–Crippen MR) is 79.3 cm³/mol. The molecule has 112 valence electrons. The van der Waals surface area contributed by atoms with Gasteiger partial charge in [0, 0.05) is 31.5 Å². The molecule has 1 aliphatic heterocycles. The molecule has 1 aromatic heterocycles. The molecule has 1 fully saturated rings. The van der Waals surface area contributed by atoms with Crippen LogP contribution in [0.15, 0.2) is 5.38 Å². The number of ether oxygens (including phenoxy) is 2. The molecule has 0 saturated carbocycles. The SMILES string of the molecule is CCOC1CCN(c2nc(CCC(=O)OC)cs2)CC1. The highest BCUT2D eigenvalue weighted by Gasteiger charge is 2.21. The van der Waals surface area contributed by atoms with Gasteiger partial charge in [-0.1, -0.05) is 0 Å². The normalized spacial score (nSPS) is 16.4. The number of nitrogens with zero attached hydrogens (tertiary/aromatic N) is 2. The lowest BCUT2D eigenvalue weighted by atomic mass is 10.1. The number of hydrogen-bond acceptors (Lipinski definition) is 6. The summed E-state index contributed by atoms with van der Waals surface area (Å²) < 4.78 is 10.3. The lowest BCUT2D eigenvalue weighted by Crippen LogP contribution is -2.37. The average Bonchev–Trinajstić information content (AvgIpc) is 2.95. The van der Waals surface area contributed by atoms with Crippen molar-refractivity contribution in [2.24, 2.45) is 0 Å². The zero-order valence-electron chi connectivity index (χ0n) is 12.1. The van der Waals surface area contributed by atoms with Crippen LogP contribution in [0, 0.1) is 0 Å². The third-order valence-electron chi connectivity index (χ3n) is 3.47. The molecule has 0 bridgehead atoms. The van der Waals surface area contributed by atoms with E-state index in [9.17, 15) is 4.79 Å². The van der Waals surface area contributed by atoms with Crippen molar-refractivity contribution in [1.82, 2.24) is 4.98 Å². The highest BCUT2D eigenvalue weighted by Crippen LogP contribution is 2.25. The fourth-order valence-electron chi connectivity index (χ4n) is 2.34. The molecule has 0 amide bonds. The Morgan fingerprint density at radius 1 is 1.50 bits per heavy atom. The van der Waals surface area contributed by atoms with E-state index in [1.54, 1.807) is 11.3 Å². The van der Waals surface area contributed by atoms with Gasteiger partial charge in [-0.2, -0.15) is 0 Å². The summed E-state index contributed by atoms with van der Waals surface area (Å²) in [5.74, 6) is -0.183. The molecule has 0 unspecified atom stereocenters. The zero-order chi connectivity index (χ0) is 14.4. The van der Waals surface area contributed by atoms with Gasteiger partial charge >= 0.3 is 5.97 Å². The maximum atomic E-state index is 11.1. The molecule has 0 spiro atoms. The first-order valence-corrected chi connectivity index (χ1v) is 7.98. The number of carbonyl (C=O) groups is 1. The Labute approximate surface area is 123 Å². The first kappa shape index (κ1) is 15.3. The number of anilines is 1. The molecule has 1 aromatic rings. The summed E-state index contributed by atoms with van der Waals surface area (Å²) in [5, 5.41) is 3.09. The smallest absolute Gasteiger partial charge is 0.305 e. The molecule has 1 saturated heterocycles. The van der Waals surface area contributed by atoms with Gasteiger partial charge in [0.05, 0.1) is 25.3 Å². The van der Waals surface area contributed by atoms with Crippen molar-refractivity contribution in [2.45, 2.75) is 38.7 Å². The van der Waals surface area contributed by atoms with E-state index < -0.39 is 0 Å². The zero-order valence-corrected chi connectivity index (χ0v) is 12.9. The summed E-state index contributed by atoms with van der Waals surface area (Å²) in [6.45, 7) is 4.82. The molecule has 0 aliphatic carbocycles. The summed E-state index contributed by atoms with van der Waals surface area (Å²) in [6.07, 6.45) is 3.57. The van der Waals surface area contributed by atoms with Crippen LogP contribution in [0.3, 0.4) is 0 Å². The van der Waals surface area contributed by atoms with E-state index in [0.717, 1.165) is 43.4 Å². The third kappa shape index (κ3) is 4.18. The molecular formula is C14H22N2O3S. The summed E-state index contributed by atoms with van der Waals surface area (Å²) in [7, 11) is 1.41. The lowest BCUT2D eigenvalue weighted by molar-refractivity contribution is -0.140. The largest absolute Gasteiger partial charge is 0.469 e. The first-order chi connectivity index (χ1) is 9.72. The van der Waals surface area contributed by atoms with Crippen LogP contribution in [-0.4, -0.2) is 43.9 Å². The Balaban J connectivity index is 1.82. The molecule has 20 heavy (non-hydrogen) atoms. The van der Waals surface area contributed by atoms with Crippen LogP contribution in [0.4, 0.5) is 5.13 Å². The molecule has 2 rings (SSSR count). The third-order valence-corrected chi connectivity index (χ3v) is 4.42. The van der Waals surface area contributed by atoms with E-state index in [0.29, 0.717) is 18.9 Å². The standard InChI is InChI=1S/C14H22N2O3S/c1-3-19-12-6-8-16(9-7-12)14-15-11(10-20-14)4-5-13(17)18-2/h10,12H,3-9H2,1-2H3. The summed E-state index contributed by atoms with van der Waals surface area (Å²) in [4.78, 5) is 18.0. The van der Waals surface area contributed by atoms with Gasteiger partial charge in [-0.15, -0.1) is 11.3 Å². The molecular weight excluding hydrogens is 276 g/mol. The van der Waals surface area contributed by atoms with Crippen molar-refractivity contribution in [3.05, 3.63) is 11.1 Å². The van der Waals surface area contributed by atoms with Crippen LogP contribution >= 0.6 is 11.3 Å². The molecule has 0 radical (unpaired) electrons. The monoisotopic (exact) mass is 298 g/mol. The number of thiazole rings is 1. The van der Waals surface area contributed by atoms with E-state index >= 15 is 0 Å². The predicted octanol–water partition coefficient (Wildman–Crippen LogP) is 2.25. The van der Waals surface area contributed by atoms with Crippen molar-refractivity contribution >= 4 is 22.4 Å². The molecule has 5 nitrogen and oxygen atoms in total. The van der Waals surface area contributed by atoms with Crippen molar-refractivity contribution < 1.29 is 14.3 Å². The molecule has 0 atom stereocenters. The maximum absolute atomic E-state index is 11.1. The van der Waals surface area contributed by atoms with E-state index in [1.165, 1.54) is 7.11 Å². The fraction of sp³-hybridized carbons (Fsp3) is 0.714. The van der Waals surface area contributed by atoms with Gasteiger partial charge in [0.2, 0.25) is 0 Å². The maximum Gasteiger partial charge on any atom is 0.305 e. The Bertz CT molecular complexity index is 428. The number of esters is 1. The van der Waals surface area contributed by atoms with E-state index in [1.807, 2.05) is 12.3 Å². The van der Waals surface area contributed by atoms with Crippen LogP contribution in [0.25, 0.3) is 0 Å². The van der Waals surface area contributed by atoms with Crippen molar-refractivity contribution in [2.75, 3.05) is 31.7 Å². The van der Waals surface area contributed by atoms with Crippen LogP contribution in [-0.2, 0) is 20.7 Å². The minimum Gasteiger partial charge on any atom is -0.469 e. The molecule has 6 heteroatoms. The summed E-state index contributed by atoms with van der Waals surface area (Å²) in [6, 6.07) is 0. The van der Waals surface area contributed by atoms with E-state index in [2.05, 4.69) is 14.6 Å². The Kier molecular flexibility index (Phi) is 5.79. The number of hydrogen-bond donors (Lipinski definition) is 0. The second kappa shape index (κ2) is 7.59. The minimum absolute atomic E-state index is 0.183. The topological polar surface area (TPSA) is 51.7 Å². The van der Waals surface area contributed by atoms with Gasteiger partial charge in [0.1, 0.15) is 0 Å². The number of methoxy groups -OCH3 is 1. The van der Waals surface area contributed by atoms with Gasteiger partial charge in [0.15, 0.2) is 5.13 Å². The highest BCUT2D eigenvalue weighted by atomic mass is 32.1. The van der Waals surface area contributed by atoms with Gasteiger partial charge in [0.25, 0.3) is 0 Å².